The number of halogens is 2. The van der Waals surface area contributed by atoms with E-state index in [9.17, 15) is 0 Å². The van der Waals surface area contributed by atoms with Crippen LogP contribution in [-0.4, -0.2) is 0 Å². The van der Waals surface area contributed by atoms with Crippen LogP contribution in [0.3, 0.4) is 0 Å². The molecule has 2 aromatic carbocycles. The molecule has 0 radical (unpaired) electrons. The van der Waals surface area contributed by atoms with Gasteiger partial charge in [0.05, 0.1) is 0 Å². The van der Waals surface area contributed by atoms with Gasteiger partial charge in [-0.1, -0.05) is 55.2 Å². The largest absolute Gasteiger partial charge is 0.378 e. The highest BCUT2D eigenvalue weighted by Gasteiger charge is 2.10. The van der Waals surface area contributed by atoms with E-state index in [0.717, 1.165) is 11.3 Å². The van der Waals surface area contributed by atoms with Crippen LogP contribution in [0.5, 0.6) is 0 Å². The van der Waals surface area contributed by atoms with E-state index in [1.54, 1.807) is 6.07 Å². The number of rotatable bonds is 4. The molecule has 1 unspecified atom stereocenters. The molecule has 1 atom stereocenters. The molecular formula is C17H19Cl2N. The summed E-state index contributed by atoms with van der Waals surface area (Å²) < 4.78 is 0. The third-order valence-corrected chi connectivity index (χ3v) is 3.95. The molecule has 20 heavy (non-hydrogen) atoms. The van der Waals surface area contributed by atoms with Crippen molar-refractivity contribution in [2.24, 2.45) is 0 Å². The smallest absolute Gasteiger partial charge is 0.0500 e. The van der Waals surface area contributed by atoms with Gasteiger partial charge in [-0.15, -0.1) is 0 Å². The van der Waals surface area contributed by atoms with Crippen molar-refractivity contribution in [1.29, 1.82) is 0 Å². The molecule has 0 aromatic heterocycles. The summed E-state index contributed by atoms with van der Waals surface area (Å²) in [5.41, 5.74) is 3.48. The number of hydrogen-bond acceptors (Lipinski definition) is 1. The summed E-state index contributed by atoms with van der Waals surface area (Å²) in [7, 11) is 0. The lowest BCUT2D eigenvalue weighted by atomic mass is 10.0. The normalized spacial score (nSPS) is 12.5. The van der Waals surface area contributed by atoms with E-state index in [1.807, 2.05) is 12.1 Å². The van der Waals surface area contributed by atoms with E-state index in [1.165, 1.54) is 5.56 Å². The molecule has 0 spiro atoms. The Hall–Kier alpha value is -1.18. The highest BCUT2D eigenvalue weighted by molar-refractivity contribution is 6.35. The molecule has 0 fully saturated rings. The fourth-order valence-corrected chi connectivity index (χ4v) is 2.72. The molecule has 1 N–H and O–H groups in total. The molecule has 0 heterocycles. The first-order valence-electron chi connectivity index (χ1n) is 6.79. The molecule has 2 rings (SSSR count). The first kappa shape index (κ1) is 15.2. The fourth-order valence-electron chi connectivity index (χ4n) is 2.14. The second-order valence-corrected chi connectivity index (χ2v) is 6.15. The average molecular weight is 308 g/mol. The molecule has 0 bridgehead atoms. The Kier molecular flexibility index (Phi) is 4.95. The molecule has 1 nitrogen and oxygen atoms in total. The maximum absolute atomic E-state index is 6.23. The maximum atomic E-state index is 6.23. The summed E-state index contributed by atoms with van der Waals surface area (Å²) >= 11 is 12.2. The van der Waals surface area contributed by atoms with Crippen LogP contribution < -0.4 is 5.32 Å². The molecule has 3 heteroatoms. The lowest BCUT2D eigenvalue weighted by Gasteiger charge is -2.18. The zero-order valence-electron chi connectivity index (χ0n) is 12.0. The SMILES string of the molecule is CC(C)c1ccc(NC(C)c2ccc(Cl)cc2Cl)cc1. The van der Waals surface area contributed by atoms with Gasteiger partial charge in [0, 0.05) is 21.8 Å². The Morgan fingerprint density at radius 3 is 2.10 bits per heavy atom. The summed E-state index contributed by atoms with van der Waals surface area (Å²) in [5, 5.41) is 4.81. The van der Waals surface area contributed by atoms with Crippen LogP contribution in [0.15, 0.2) is 42.5 Å². The van der Waals surface area contributed by atoms with Gasteiger partial charge in [-0.05, 0) is 48.2 Å². The number of hydrogen-bond donors (Lipinski definition) is 1. The molecule has 0 saturated heterocycles. The minimum Gasteiger partial charge on any atom is -0.378 e. The molecule has 106 valence electrons. The van der Waals surface area contributed by atoms with E-state index in [4.69, 9.17) is 23.2 Å². The van der Waals surface area contributed by atoms with Gasteiger partial charge in [0.25, 0.3) is 0 Å². The van der Waals surface area contributed by atoms with E-state index in [2.05, 4.69) is 50.4 Å². The van der Waals surface area contributed by atoms with Crippen molar-refractivity contribution in [3.8, 4) is 0 Å². The Labute approximate surface area is 130 Å². The predicted molar refractivity (Wildman–Crippen MR) is 89.0 cm³/mol. The quantitative estimate of drug-likeness (QED) is 0.700. The summed E-state index contributed by atoms with van der Waals surface area (Å²) in [6.45, 7) is 6.47. The van der Waals surface area contributed by atoms with Crippen molar-refractivity contribution in [3.05, 3.63) is 63.6 Å². The third-order valence-electron chi connectivity index (χ3n) is 3.39. The standard InChI is InChI=1S/C17H19Cl2N/c1-11(2)13-4-7-15(8-5-13)20-12(3)16-9-6-14(18)10-17(16)19/h4-12,20H,1-3H3. The van der Waals surface area contributed by atoms with Crippen LogP contribution in [0.2, 0.25) is 10.0 Å². The van der Waals surface area contributed by atoms with E-state index in [-0.39, 0.29) is 6.04 Å². The van der Waals surface area contributed by atoms with E-state index in [0.29, 0.717) is 16.0 Å². The Bertz CT molecular complexity index is 576. The van der Waals surface area contributed by atoms with Gasteiger partial charge in [0.15, 0.2) is 0 Å². The summed E-state index contributed by atoms with van der Waals surface area (Å²) in [5.74, 6) is 0.548. The van der Waals surface area contributed by atoms with Crippen LogP contribution in [0.25, 0.3) is 0 Å². The van der Waals surface area contributed by atoms with Gasteiger partial charge in [-0.3, -0.25) is 0 Å². The monoisotopic (exact) mass is 307 g/mol. The van der Waals surface area contributed by atoms with Gasteiger partial charge in [-0.25, -0.2) is 0 Å². The zero-order valence-corrected chi connectivity index (χ0v) is 13.5. The van der Waals surface area contributed by atoms with Crippen molar-refractivity contribution < 1.29 is 0 Å². The first-order valence-corrected chi connectivity index (χ1v) is 7.54. The topological polar surface area (TPSA) is 12.0 Å². The highest BCUT2D eigenvalue weighted by atomic mass is 35.5. The molecular weight excluding hydrogens is 289 g/mol. The summed E-state index contributed by atoms with van der Waals surface area (Å²) in [4.78, 5) is 0. The molecule has 0 aliphatic heterocycles. The van der Waals surface area contributed by atoms with Crippen molar-refractivity contribution in [1.82, 2.24) is 0 Å². The minimum absolute atomic E-state index is 0.129. The highest BCUT2D eigenvalue weighted by Crippen LogP contribution is 2.28. The van der Waals surface area contributed by atoms with Crippen LogP contribution in [0.4, 0.5) is 5.69 Å². The summed E-state index contributed by atoms with van der Waals surface area (Å²) in [6.07, 6.45) is 0. The molecule has 0 aliphatic carbocycles. The fraction of sp³-hybridized carbons (Fsp3) is 0.294. The number of anilines is 1. The Morgan fingerprint density at radius 2 is 1.55 bits per heavy atom. The van der Waals surface area contributed by atoms with Gasteiger partial charge in [-0.2, -0.15) is 0 Å². The second kappa shape index (κ2) is 6.51. The second-order valence-electron chi connectivity index (χ2n) is 5.31. The molecule has 0 saturated carbocycles. The predicted octanol–water partition coefficient (Wildman–Crippen LogP) is 6.29. The van der Waals surface area contributed by atoms with Crippen molar-refractivity contribution in [2.45, 2.75) is 32.7 Å². The minimum atomic E-state index is 0.129. The van der Waals surface area contributed by atoms with Gasteiger partial charge in [0.1, 0.15) is 0 Å². The van der Waals surface area contributed by atoms with Crippen LogP contribution >= 0.6 is 23.2 Å². The Balaban J connectivity index is 2.12. The van der Waals surface area contributed by atoms with Crippen LogP contribution in [-0.2, 0) is 0 Å². The van der Waals surface area contributed by atoms with Crippen molar-refractivity contribution in [3.63, 3.8) is 0 Å². The van der Waals surface area contributed by atoms with E-state index >= 15 is 0 Å². The van der Waals surface area contributed by atoms with E-state index < -0.39 is 0 Å². The van der Waals surface area contributed by atoms with Gasteiger partial charge in [0.2, 0.25) is 0 Å². The maximum Gasteiger partial charge on any atom is 0.0500 e. The number of nitrogens with one attached hydrogen (secondary N) is 1. The molecule has 2 aromatic rings. The first-order chi connectivity index (χ1) is 9.47. The lowest BCUT2D eigenvalue weighted by Crippen LogP contribution is -2.07. The van der Waals surface area contributed by atoms with Crippen molar-refractivity contribution >= 4 is 28.9 Å². The van der Waals surface area contributed by atoms with Crippen LogP contribution in [0, 0.1) is 0 Å². The van der Waals surface area contributed by atoms with Gasteiger partial charge < -0.3 is 5.32 Å². The van der Waals surface area contributed by atoms with Gasteiger partial charge >= 0.3 is 0 Å². The lowest BCUT2D eigenvalue weighted by molar-refractivity contribution is 0.862. The molecule has 0 amide bonds. The Morgan fingerprint density at radius 1 is 0.900 bits per heavy atom. The summed E-state index contributed by atoms with van der Waals surface area (Å²) in [6, 6.07) is 14.3. The molecule has 0 aliphatic rings. The number of benzene rings is 2. The third kappa shape index (κ3) is 3.68. The van der Waals surface area contributed by atoms with Crippen molar-refractivity contribution in [2.75, 3.05) is 5.32 Å². The zero-order chi connectivity index (χ0) is 14.7. The van der Waals surface area contributed by atoms with Crippen LogP contribution in [0.1, 0.15) is 43.9 Å². The average Bonchev–Trinajstić information content (AvgIpc) is 2.39.